The summed E-state index contributed by atoms with van der Waals surface area (Å²) in [4.78, 5) is 15.4. The lowest BCUT2D eigenvalue weighted by atomic mass is 10.3. The highest BCUT2D eigenvalue weighted by atomic mass is 32.2. The number of benzene rings is 3. The van der Waals surface area contributed by atoms with Crippen LogP contribution in [0.3, 0.4) is 0 Å². The molecule has 0 bridgehead atoms. The van der Waals surface area contributed by atoms with Gasteiger partial charge in [0.15, 0.2) is 14.7 Å². The maximum Gasteiger partial charge on any atom is 0.311 e. The van der Waals surface area contributed by atoms with Gasteiger partial charge in [-0.25, -0.2) is 0 Å². The van der Waals surface area contributed by atoms with Crippen molar-refractivity contribution >= 4 is 16.9 Å². The summed E-state index contributed by atoms with van der Waals surface area (Å²) < 4.78 is 5.37. The van der Waals surface area contributed by atoms with Crippen LogP contribution in [0.15, 0.2) is 99.6 Å². The second-order valence-electron chi connectivity index (χ2n) is 5.63. The van der Waals surface area contributed by atoms with Gasteiger partial charge in [0, 0.05) is 6.42 Å². The van der Waals surface area contributed by atoms with Crippen LogP contribution in [0.1, 0.15) is 19.8 Å². The molecule has 3 aromatic carbocycles. The standard InChI is InChI=1S/C22H21O2S/c1-2-9-22(23)24-18-14-16-21(17-15-18)25(19-10-5-3-6-11-19)20-12-7-4-8-13-20/h3-8,10-17H,2,9H2,1H3/q+1. The summed E-state index contributed by atoms with van der Waals surface area (Å²) in [6.07, 6.45) is 1.24. The Bertz CT molecular complexity index is 759. The third-order valence-corrected chi connectivity index (χ3v) is 5.93. The number of rotatable bonds is 6. The molecule has 0 unspecified atom stereocenters. The van der Waals surface area contributed by atoms with Crippen molar-refractivity contribution in [3.05, 3.63) is 84.9 Å². The van der Waals surface area contributed by atoms with Gasteiger partial charge in [0.2, 0.25) is 0 Å². The van der Waals surface area contributed by atoms with Gasteiger partial charge < -0.3 is 4.74 Å². The number of ether oxygens (including phenoxy) is 1. The van der Waals surface area contributed by atoms with Gasteiger partial charge in [-0.15, -0.1) is 0 Å². The third-order valence-electron chi connectivity index (χ3n) is 3.70. The van der Waals surface area contributed by atoms with E-state index in [9.17, 15) is 4.79 Å². The van der Waals surface area contributed by atoms with E-state index in [2.05, 4.69) is 60.7 Å². The van der Waals surface area contributed by atoms with E-state index in [1.165, 1.54) is 14.7 Å². The van der Waals surface area contributed by atoms with E-state index in [4.69, 9.17) is 4.74 Å². The molecule has 3 heteroatoms. The first kappa shape index (κ1) is 17.3. The van der Waals surface area contributed by atoms with Gasteiger partial charge in [0.25, 0.3) is 0 Å². The van der Waals surface area contributed by atoms with Crippen molar-refractivity contribution in [3.8, 4) is 5.75 Å². The molecule has 25 heavy (non-hydrogen) atoms. The van der Waals surface area contributed by atoms with Crippen LogP contribution in [-0.4, -0.2) is 5.97 Å². The zero-order chi connectivity index (χ0) is 17.5. The highest BCUT2D eigenvalue weighted by Gasteiger charge is 2.28. The lowest BCUT2D eigenvalue weighted by Crippen LogP contribution is -2.08. The van der Waals surface area contributed by atoms with E-state index in [0.717, 1.165) is 6.42 Å². The molecule has 0 aliphatic carbocycles. The summed E-state index contributed by atoms with van der Waals surface area (Å²) in [7, 11) is -0.179. The molecule has 3 rings (SSSR count). The molecule has 0 saturated carbocycles. The second kappa shape index (κ2) is 8.54. The van der Waals surface area contributed by atoms with Crippen molar-refractivity contribution < 1.29 is 9.53 Å². The number of hydrogen-bond acceptors (Lipinski definition) is 2. The number of carbonyl (C=O) groups excluding carboxylic acids is 1. The van der Waals surface area contributed by atoms with E-state index < -0.39 is 0 Å². The predicted molar refractivity (Wildman–Crippen MR) is 102 cm³/mol. The molecule has 126 valence electrons. The first-order valence-electron chi connectivity index (χ1n) is 8.43. The van der Waals surface area contributed by atoms with E-state index in [1.807, 2.05) is 31.2 Å². The van der Waals surface area contributed by atoms with Gasteiger partial charge in [-0.2, -0.15) is 0 Å². The predicted octanol–water partition coefficient (Wildman–Crippen LogP) is 5.49. The number of hydrogen-bond donors (Lipinski definition) is 0. The van der Waals surface area contributed by atoms with E-state index in [-0.39, 0.29) is 16.9 Å². The van der Waals surface area contributed by atoms with Crippen molar-refractivity contribution in [1.29, 1.82) is 0 Å². The van der Waals surface area contributed by atoms with Crippen LogP contribution in [0.2, 0.25) is 0 Å². The fourth-order valence-corrected chi connectivity index (χ4v) is 4.64. The van der Waals surface area contributed by atoms with E-state index >= 15 is 0 Å². The van der Waals surface area contributed by atoms with Gasteiger partial charge in [-0.3, -0.25) is 4.79 Å². The molecule has 0 radical (unpaired) electrons. The summed E-state index contributed by atoms with van der Waals surface area (Å²) in [5.41, 5.74) is 0. The monoisotopic (exact) mass is 349 g/mol. The minimum absolute atomic E-state index is 0.179. The molecule has 0 aliphatic rings. The highest BCUT2D eigenvalue weighted by molar-refractivity contribution is 7.97. The average Bonchev–Trinajstić information content (AvgIpc) is 2.65. The van der Waals surface area contributed by atoms with Crippen LogP contribution in [0.5, 0.6) is 5.75 Å². The minimum atomic E-state index is -0.180. The van der Waals surface area contributed by atoms with Crippen molar-refractivity contribution in [2.45, 2.75) is 34.5 Å². The van der Waals surface area contributed by atoms with Crippen LogP contribution < -0.4 is 4.74 Å². The average molecular weight is 349 g/mol. The van der Waals surface area contributed by atoms with Crippen LogP contribution in [-0.2, 0) is 15.7 Å². The van der Waals surface area contributed by atoms with Crippen molar-refractivity contribution in [2.24, 2.45) is 0 Å². The van der Waals surface area contributed by atoms with Gasteiger partial charge in [0.05, 0.1) is 10.9 Å². The Morgan fingerprint density at radius 2 is 1.24 bits per heavy atom. The van der Waals surface area contributed by atoms with Crippen molar-refractivity contribution in [3.63, 3.8) is 0 Å². The van der Waals surface area contributed by atoms with Crippen LogP contribution in [0, 0.1) is 0 Å². The summed E-state index contributed by atoms with van der Waals surface area (Å²) in [6.45, 7) is 1.97. The van der Waals surface area contributed by atoms with Crippen LogP contribution in [0.25, 0.3) is 0 Å². The Labute approximate surface area is 151 Å². The Kier molecular flexibility index (Phi) is 5.91. The third kappa shape index (κ3) is 4.52. The van der Waals surface area contributed by atoms with Gasteiger partial charge in [-0.1, -0.05) is 43.3 Å². The SMILES string of the molecule is CCCC(=O)Oc1ccc([S+](c2ccccc2)c2ccccc2)cc1. The Morgan fingerprint density at radius 1 is 0.760 bits per heavy atom. The summed E-state index contributed by atoms with van der Waals surface area (Å²) in [6, 6.07) is 28.8. The maximum absolute atomic E-state index is 11.7. The quantitative estimate of drug-likeness (QED) is 0.334. The summed E-state index contributed by atoms with van der Waals surface area (Å²) in [5, 5.41) is 0. The van der Waals surface area contributed by atoms with Crippen LogP contribution >= 0.6 is 0 Å². The molecule has 0 heterocycles. The molecule has 0 aromatic heterocycles. The number of carbonyl (C=O) groups is 1. The zero-order valence-corrected chi connectivity index (χ0v) is 15.0. The first-order chi connectivity index (χ1) is 12.3. The summed E-state index contributed by atoms with van der Waals surface area (Å²) in [5.74, 6) is 0.423. The fourth-order valence-electron chi connectivity index (χ4n) is 2.55. The minimum Gasteiger partial charge on any atom is -0.427 e. The highest BCUT2D eigenvalue weighted by Crippen LogP contribution is 2.31. The first-order valence-corrected chi connectivity index (χ1v) is 9.65. The van der Waals surface area contributed by atoms with Gasteiger partial charge >= 0.3 is 5.97 Å². The largest absolute Gasteiger partial charge is 0.427 e. The molecule has 0 spiro atoms. The summed E-state index contributed by atoms with van der Waals surface area (Å²) >= 11 is 0. The molecule has 0 saturated heterocycles. The van der Waals surface area contributed by atoms with E-state index in [1.54, 1.807) is 0 Å². The molecule has 0 amide bonds. The normalized spacial score (nSPS) is 10.6. The maximum atomic E-state index is 11.7. The molecule has 0 aliphatic heterocycles. The van der Waals surface area contributed by atoms with Crippen molar-refractivity contribution in [1.82, 2.24) is 0 Å². The Hall–Kier alpha value is -2.52. The lowest BCUT2D eigenvalue weighted by Gasteiger charge is -2.09. The Balaban J connectivity index is 1.90. The lowest BCUT2D eigenvalue weighted by molar-refractivity contribution is -0.134. The number of esters is 1. The fraction of sp³-hybridized carbons (Fsp3) is 0.136. The van der Waals surface area contributed by atoms with Gasteiger partial charge in [0.1, 0.15) is 5.75 Å². The smallest absolute Gasteiger partial charge is 0.311 e. The zero-order valence-electron chi connectivity index (χ0n) is 14.2. The topological polar surface area (TPSA) is 26.3 Å². The van der Waals surface area contributed by atoms with Gasteiger partial charge in [-0.05, 0) is 55.0 Å². The molecule has 2 nitrogen and oxygen atoms in total. The van der Waals surface area contributed by atoms with E-state index in [0.29, 0.717) is 12.2 Å². The molecule has 0 atom stereocenters. The molecule has 0 fully saturated rings. The second-order valence-corrected chi connectivity index (χ2v) is 7.65. The molecular weight excluding hydrogens is 328 g/mol. The Morgan fingerprint density at radius 3 is 1.72 bits per heavy atom. The molecule has 3 aromatic rings. The van der Waals surface area contributed by atoms with Crippen molar-refractivity contribution in [2.75, 3.05) is 0 Å². The molecular formula is C22H21O2S+. The molecule has 0 N–H and O–H groups in total. The van der Waals surface area contributed by atoms with Crippen LogP contribution in [0.4, 0.5) is 0 Å².